The number of ether oxygens (including phenoxy) is 3. The first-order valence-electron chi connectivity index (χ1n) is 11.0. The van der Waals surface area contributed by atoms with E-state index < -0.39 is 18.0 Å². The molecular formula is C25H23FN4O5. The lowest BCUT2D eigenvalue weighted by atomic mass is 10.2. The van der Waals surface area contributed by atoms with Crippen LogP contribution in [0.5, 0.6) is 11.6 Å². The number of benzene rings is 2. The maximum absolute atomic E-state index is 13.2. The first-order valence-corrected chi connectivity index (χ1v) is 11.0. The standard InChI is InChI=1S/C25H23FN4O5/c1-3-33-24(31)23(25(32)34-4-2)29-18-7-12-22(27-15-18)35-20-10-11-21-16(13-20)14-28-30(21)19-8-5-17(26)6-9-19/h5-15,23,29H,3-4H2,1-2H3. The number of aromatic nitrogens is 3. The summed E-state index contributed by atoms with van der Waals surface area (Å²) in [6, 6.07) is 13.4. The highest BCUT2D eigenvalue weighted by atomic mass is 19.1. The lowest BCUT2D eigenvalue weighted by Gasteiger charge is -2.16. The molecule has 4 aromatic rings. The van der Waals surface area contributed by atoms with E-state index in [1.54, 1.807) is 55.1 Å². The van der Waals surface area contributed by atoms with Crippen LogP contribution in [-0.2, 0) is 19.1 Å². The number of carbonyl (C=O) groups is 2. The molecule has 1 N–H and O–H groups in total. The zero-order valence-electron chi connectivity index (χ0n) is 19.1. The van der Waals surface area contributed by atoms with Crippen molar-refractivity contribution in [1.29, 1.82) is 0 Å². The Morgan fingerprint density at radius 3 is 2.31 bits per heavy atom. The van der Waals surface area contributed by atoms with E-state index in [0.29, 0.717) is 17.3 Å². The number of hydrogen-bond acceptors (Lipinski definition) is 8. The van der Waals surface area contributed by atoms with E-state index in [2.05, 4.69) is 15.4 Å². The molecule has 2 heterocycles. The van der Waals surface area contributed by atoms with Crippen molar-refractivity contribution in [3.63, 3.8) is 0 Å². The minimum atomic E-state index is -1.30. The summed E-state index contributed by atoms with van der Waals surface area (Å²) in [7, 11) is 0. The number of nitrogens with zero attached hydrogens (tertiary/aromatic N) is 3. The Bertz CT molecular complexity index is 1300. The van der Waals surface area contributed by atoms with Gasteiger partial charge < -0.3 is 19.5 Å². The summed E-state index contributed by atoms with van der Waals surface area (Å²) < 4.78 is 30.7. The summed E-state index contributed by atoms with van der Waals surface area (Å²) in [5.74, 6) is -0.932. The van der Waals surface area contributed by atoms with Crippen LogP contribution in [0.25, 0.3) is 16.6 Å². The van der Waals surface area contributed by atoms with Gasteiger partial charge in [0.15, 0.2) is 0 Å². The van der Waals surface area contributed by atoms with Gasteiger partial charge in [0, 0.05) is 11.5 Å². The first kappa shape index (κ1) is 23.7. The van der Waals surface area contributed by atoms with Crippen molar-refractivity contribution in [2.24, 2.45) is 0 Å². The Hall–Kier alpha value is -4.47. The Kier molecular flexibility index (Phi) is 7.20. The van der Waals surface area contributed by atoms with Crippen LogP contribution in [0.15, 0.2) is 67.0 Å². The normalized spacial score (nSPS) is 10.9. The van der Waals surface area contributed by atoms with Gasteiger partial charge >= 0.3 is 11.9 Å². The average molecular weight is 478 g/mol. The van der Waals surface area contributed by atoms with E-state index in [1.807, 2.05) is 12.1 Å². The van der Waals surface area contributed by atoms with Gasteiger partial charge in [-0.05, 0) is 62.4 Å². The van der Waals surface area contributed by atoms with Crippen LogP contribution in [0.1, 0.15) is 13.8 Å². The molecule has 0 bridgehead atoms. The molecule has 0 radical (unpaired) electrons. The molecule has 0 saturated carbocycles. The highest BCUT2D eigenvalue weighted by molar-refractivity contribution is 6.02. The van der Waals surface area contributed by atoms with Crippen LogP contribution < -0.4 is 10.1 Å². The lowest BCUT2D eigenvalue weighted by molar-refractivity contribution is -0.155. The monoisotopic (exact) mass is 478 g/mol. The Morgan fingerprint density at radius 1 is 0.971 bits per heavy atom. The Morgan fingerprint density at radius 2 is 1.69 bits per heavy atom. The molecular weight excluding hydrogens is 455 g/mol. The van der Waals surface area contributed by atoms with Crippen LogP contribution in [0.2, 0.25) is 0 Å². The van der Waals surface area contributed by atoms with Crippen LogP contribution >= 0.6 is 0 Å². The Labute approximate surface area is 200 Å². The fourth-order valence-corrected chi connectivity index (χ4v) is 3.34. The number of nitrogens with one attached hydrogen (secondary N) is 1. The molecule has 0 saturated heterocycles. The summed E-state index contributed by atoms with van der Waals surface area (Å²) in [5.41, 5.74) is 1.99. The van der Waals surface area contributed by atoms with E-state index in [4.69, 9.17) is 14.2 Å². The van der Waals surface area contributed by atoms with Crippen molar-refractivity contribution in [3.05, 3.63) is 72.8 Å². The average Bonchev–Trinajstić information content (AvgIpc) is 3.27. The van der Waals surface area contributed by atoms with E-state index in [-0.39, 0.29) is 19.0 Å². The lowest BCUT2D eigenvalue weighted by Crippen LogP contribution is -2.40. The van der Waals surface area contributed by atoms with Gasteiger partial charge in [-0.1, -0.05) is 0 Å². The second-order valence-corrected chi connectivity index (χ2v) is 7.32. The molecule has 0 fully saturated rings. The molecule has 180 valence electrons. The van der Waals surface area contributed by atoms with Crippen molar-refractivity contribution in [2.75, 3.05) is 18.5 Å². The predicted octanol–water partition coefficient (Wildman–Crippen LogP) is 4.26. The second-order valence-electron chi connectivity index (χ2n) is 7.32. The number of hydrogen-bond donors (Lipinski definition) is 1. The second kappa shape index (κ2) is 10.6. The van der Waals surface area contributed by atoms with Crippen LogP contribution in [0.4, 0.5) is 10.1 Å². The van der Waals surface area contributed by atoms with Gasteiger partial charge in [0.1, 0.15) is 11.6 Å². The maximum atomic E-state index is 13.2. The summed E-state index contributed by atoms with van der Waals surface area (Å²) >= 11 is 0. The predicted molar refractivity (Wildman–Crippen MR) is 126 cm³/mol. The van der Waals surface area contributed by atoms with Crippen LogP contribution in [-0.4, -0.2) is 46.0 Å². The molecule has 4 rings (SSSR count). The number of pyridine rings is 1. The van der Waals surface area contributed by atoms with Crippen molar-refractivity contribution < 1.29 is 28.2 Å². The van der Waals surface area contributed by atoms with Gasteiger partial charge in [0.05, 0.1) is 42.5 Å². The third-order valence-corrected chi connectivity index (χ3v) is 4.93. The third kappa shape index (κ3) is 5.55. The number of anilines is 1. The molecule has 0 aliphatic rings. The van der Waals surface area contributed by atoms with Gasteiger partial charge in [-0.2, -0.15) is 5.10 Å². The quantitative estimate of drug-likeness (QED) is 0.281. The van der Waals surface area contributed by atoms with Gasteiger partial charge in [0.25, 0.3) is 0 Å². The molecule has 9 nitrogen and oxygen atoms in total. The number of esters is 2. The zero-order chi connectivity index (χ0) is 24.8. The zero-order valence-corrected chi connectivity index (χ0v) is 19.1. The number of carbonyl (C=O) groups excluding carboxylic acids is 2. The molecule has 2 aromatic heterocycles. The van der Waals surface area contributed by atoms with E-state index >= 15 is 0 Å². The summed E-state index contributed by atoms with van der Waals surface area (Å²) in [4.78, 5) is 28.5. The largest absolute Gasteiger partial charge is 0.464 e. The van der Waals surface area contributed by atoms with Gasteiger partial charge in [0.2, 0.25) is 11.9 Å². The highest BCUT2D eigenvalue weighted by Gasteiger charge is 2.29. The van der Waals surface area contributed by atoms with Crippen molar-refractivity contribution in [1.82, 2.24) is 14.8 Å². The van der Waals surface area contributed by atoms with Crippen LogP contribution in [0, 0.1) is 5.82 Å². The van der Waals surface area contributed by atoms with E-state index in [1.165, 1.54) is 18.3 Å². The molecule has 0 spiro atoms. The minimum absolute atomic E-state index is 0.134. The van der Waals surface area contributed by atoms with Gasteiger partial charge in [-0.15, -0.1) is 0 Å². The molecule has 0 amide bonds. The molecule has 0 unspecified atom stereocenters. The number of fused-ring (bicyclic) bond motifs is 1. The first-order chi connectivity index (χ1) is 17.0. The Balaban J connectivity index is 1.47. The topological polar surface area (TPSA) is 105 Å². The number of rotatable bonds is 9. The SMILES string of the molecule is CCOC(=O)C(Nc1ccc(Oc2ccc3c(cnn3-c3ccc(F)cc3)c2)nc1)C(=O)OCC. The fourth-order valence-electron chi connectivity index (χ4n) is 3.34. The van der Waals surface area contributed by atoms with Crippen molar-refractivity contribution in [3.8, 4) is 17.3 Å². The minimum Gasteiger partial charge on any atom is -0.464 e. The molecule has 0 aliphatic heterocycles. The third-order valence-electron chi connectivity index (χ3n) is 4.93. The number of halogens is 1. The molecule has 2 aromatic carbocycles. The smallest absolute Gasteiger partial charge is 0.340 e. The van der Waals surface area contributed by atoms with Crippen molar-refractivity contribution >= 4 is 28.5 Å². The van der Waals surface area contributed by atoms with E-state index in [0.717, 1.165) is 16.6 Å². The molecule has 35 heavy (non-hydrogen) atoms. The van der Waals surface area contributed by atoms with E-state index in [9.17, 15) is 14.0 Å². The van der Waals surface area contributed by atoms with Crippen LogP contribution in [0.3, 0.4) is 0 Å². The molecule has 0 atom stereocenters. The summed E-state index contributed by atoms with van der Waals surface area (Å²) in [6.07, 6.45) is 3.13. The summed E-state index contributed by atoms with van der Waals surface area (Å²) in [5, 5.41) is 7.99. The van der Waals surface area contributed by atoms with Crippen molar-refractivity contribution in [2.45, 2.75) is 19.9 Å². The van der Waals surface area contributed by atoms with Gasteiger partial charge in [-0.25, -0.2) is 23.6 Å². The fraction of sp³-hybridized carbons (Fsp3) is 0.200. The maximum Gasteiger partial charge on any atom is 0.340 e. The van der Waals surface area contributed by atoms with Gasteiger partial charge in [-0.3, -0.25) is 0 Å². The highest BCUT2D eigenvalue weighted by Crippen LogP contribution is 2.27. The molecule has 10 heteroatoms. The molecule has 0 aliphatic carbocycles. The summed E-state index contributed by atoms with van der Waals surface area (Å²) in [6.45, 7) is 3.57.